The first-order valence-electron chi connectivity index (χ1n) is 16.5. The zero-order chi connectivity index (χ0) is 32.9. The van der Waals surface area contributed by atoms with E-state index in [1.54, 1.807) is 11.3 Å². The van der Waals surface area contributed by atoms with Crippen LogP contribution in [-0.4, -0.2) is 14.5 Å². The fourth-order valence-corrected chi connectivity index (χ4v) is 10.6. The van der Waals surface area contributed by atoms with Gasteiger partial charge in [-0.3, -0.25) is 4.57 Å². The lowest BCUT2D eigenvalue weighted by atomic mass is 9.98. The number of aromatic nitrogens is 3. The Labute approximate surface area is 299 Å². The first-order valence-corrected chi connectivity index (χ1v) is 18.5. The summed E-state index contributed by atoms with van der Waals surface area (Å²) >= 11 is 10.9. The number of hydrogen-bond donors (Lipinski definition) is 0. The summed E-state index contributed by atoms with van der Waals surface area (Å²) in [7, 11) is 0. The molecule has 0 N–H and O–H groups in total. The molecule has 11 aromatic rings. The molecular formula is C44H24ClN3S2. The van der Waals surface area contributed by atoms with Crippen LogP contribution in [0.3, 0.4) is 0 Å². The van der Waals surface area contributed by atoms with E-state index in [4.69, 9.17) is 21.6 Å². The molecule has 234 valence electrons. The van der Waals surface area contributed by atoms with Crippen LogP contribution in [0.15, 0.2) is 146 Å². The van der Waals surface area contributed by atoms with E-state index in [1.165, 1.54) is 52.5 Å². The molecule has 7 aromatic carbocycles. The molecule has 0 radical (unpaired) electrons. The summed E-state index contributed by atoms with van der Waals surface area (Å²) in [6.45, 7) is 0. The minimum atomic E-state index is 0.377. The van der Waals surface area contributed by atoms with Crippen molar-refractivity contribution < 1.29 is 0 Å². The highest BCUT2D eigenvalue weighted by molar-refractivity contribution is 7.27. The molecule has 0 aliphatic carbocycles. The number of thiophene rings is 2. The molecule has 0 fully saturated rings. The third kappa shape index (κ3) is 3.91. The zero-order valence-corrected chi connectivity index (χ0v) is 28.8. The Morgan fingerprint density at radius 3 is 1.92 bits per heavy atom. The van der Waals surface area contributed by atoms with E-state index >= 15 is 0 Å². The quantitative estimate of drug-likeness (QED) is 0.184. The fraction of sp³-hybridized carbons (Fsp3) is 0. The minimum Gasteiger partial charge on any atom is -0.290 e. The van der Waals surface area contributed by atoms with Crippen LogP contribution in [-0.2, 0) is 0 Å². The van der Waals surface area contributed by atoms with Crippen molar-refractivity contribution in [2.45, 2.75) is 0 Å². The molecule has 0 aliphatic heterocycles. The molecule has 4 aromatic heterocycles. The smallest absolute Gasteiger partial charge is 0.177 e. The van der Waals surface area contributed by atoms with Crippen molar-refractivity contribution in [3.8, 4) is 27.4 Å². The van der Waals surface area contributed by atoms with Crippen molar-refractivity contribution in [2.24, 2.45) is 0 Å². The summed E-state index contributed by atoms with van der Waals surface area (Å²) in [6, 6.07) is 51.6. The number of fused-ring (bicyclic) bond motifs is 13. The van der Waals surface area contributed by atoms with E-state index in [1.807, 2.05) is 23.5 Å². The Bertz CT molecular complexity index is 3160. The SMILES string of the molecule is Clc1nc2c(-c3ccccc3)c(-c3ccccc3)sc2nc1-n1c2ccccc2c2c3ccccc3c3c4ccc5ccccc5c4sc3c21. The highest BCUT2D eigenvalue weighted by Gasteiger charge is 2.26. The van der Waals surface area contributed by atoms with Gasteiger partial charge < -0.3 is 0 Å². The van der Waals surface area contributed by atoms with Gasteiger partial charge in [0, 0.05) is 36.7 Å². The van der Waals surface area contributed by atoms with E-state index < -0.39 is 0 Å². The van der Waals surface area contributed by atoms with E-state index in [0.29, 0.717) is 11.0 Å². The normalized spacial score (nSPS) is 12.1. The van der Waals surface area contributed by atoms with Crippen LogP contribution < -0.4 is 0 Å². The maximum Gasteiger partial charge on any atom is 0.177 e. The lowest BCUT2D eigenvalue weighted by Crippen LogP contribution is -2.00. The van der Waals surface area contributed by atoms with Crippen molar-refractivity contribution in [3.05, 3.63) is 151 Å². The number of benzene rings is 7. The minimum absolute atomic E-state index is 0.377. The van der Waals surface area contributed by atoms with E-state index in [-0.39, 0.29) is 0 Å². The van der Waals surface area contributed by atoms with Gasteiger partial charge in [-0.2, -0.15) is 0 Å². The van der Waals surface area contributed by atoms with Crippen molar-refractivity contribution in [3.63, 3.8) is 0 Å². The number of halogens is 1. The second-order valence-corrected chi connectivity index (χ2v) is 15.0. The van der Waals surface area contributed by atoms with Gasteiger partial charge >= 0.3 is 0 Å². The second kappa shape index (κ2) is 10.7. The third-order valence-corrected chi connectivity index (χ3v) is 12.5. The Hall–Kier alpha value is -5.59. The molecule has 0 amide bonds. The van der Waals surface area contributed by atoms with Gasteiger partial charge in [0.25, 0.3) is 0 Å². The Balaban J connectivity index is 1.31. The number of hydrogen-bond acceptors (Lipinski definition) is 4. The fourth-order valence-electron chi connectivity index (χ4n) is 7.81. The average molecular weight is 694 g/mol. The van der Waals surface area contributed by atoms with Gasteiger partial charge in [0.1, 0.15) is 10.3 Å². The van der Waals surface area contributed by atoms with Crippen molar-refractivity contribution in [1.82, 2.24) is 14.5 Å². The molecule has 0 aliphatic rings. The highest BCUT2D eigenvalue weighted by Crippen LogP contribution is 2.50. The largest absolute Gasteiger partial charge is 0.290 e. The van der Waals surface area contributed by atoms with Gasteiger partial charge in [-0.15, -0.1) is 22.7 Å². The first kappa shape index (κ1) is 28.3. The molecule has 0 saturated carbocycles. The first-order chi connectivity index (χ1) is 24.7. The number of rotatable bonds is 3. The molecule has 0 atom stereocenters. The van der Waals surface area contributed by atoms with Crippen LogP contribution in [0.25, 0.3) is 101 Å². The van der Waals surface area contributed by atoms with Crippen LogP contribution >= 0.6 is 34.3 Å². The third-order valence-electron chi connectivity index (χ3n) is 9.91. The zero-order valence-electron chi connectivity index (χ0n) is 26.4. The summed E-state index contributed by atoms with van der Waals surface area (Å²) in [5.41, 5.74) is 6.28. The van der Waals surface area contributed by atoms with Crippen molar-refractivity contribution >= 4 is 108 Å². The predicted molar refractivity (Wildman–Crippen MR) is 216 cm³/mol. The summed E-state index contributed by atoms with van der Waals surface area (Å²) in [5, 5.41) is 10.3. The molecule has 0 unspecified atom stereocenters. The van der Waals surface area contributed by atoms with Gasteiger partial charge in [-0.05, 0) is 38.7 Å². The van der Waals surface area contributed by atoms with E-state index in [2.05, 4.69) is 138 Å². The summed E-state index contributed by atoms with van der Waals surface area (Å²) in [5.74, 6) is 0.643. The molecule has 50 heavy (non-hydrogen) atoms. The summed E-state index contributed by atoms with van der Waals surface area (Å²) in [4.78, 5) is 12.6. The van der Waals surface area contributed by atoms with Crippen molar-refractivity contribution in [2.75, 3.05) is 0 Å². The molecule has 0 bridgehead atoms. The maximum atomic E-state index is 7.35. The standard InChI is InChI=1S/C44H24ClN3S2/c45-42-43(47-44-37(46-42)34(26-14-3-1-4-15-26)39(50-44)27-16-5-2-6-17-27)48-33-22-12-11-21-31(33)35-29-19-9-10-20-30(29)36-32-24-23-25-13-7-8-18-28(25)40(32)49-41(36)38(35)48/h1-24H. The number of nitrogens with zero attached hydrogens (tertiary/aromatic N) is 3. The van der Waals surface area contributed by atoms with Crippen LogP contribution in [0.1, 0.15) is 0 Å². The lowest BCUT2D eigenvalue weighted by Gasteiger charge is -2.11. The predicted octanol–water partition coefficient (Wildman–Crippen LogP) is 13.5. The van der Waals surface area contributed by atoms with Crippen LogP contribution in [0, 0.1) is 0 Å². The molecule has 11 rings (SSSR count). The lowest BCUT2D eigenvalue weighted by molar-refractivity contribution is 1.09. The molecule has 0 saturated heterocycles. The van der Waals surface area contributed by atoms with Gasteiger partial charge in [-0.25, -0.2) is 9.97 Å². The topological polar surface area (TPSA) is 30.7 Å². The highest BCUT2D eigenvalue weighted by atomic mass is 35.5. The van der Waals surface area contributed by atoms with Crippen molar-refractivity contribution in [1.29, 1.82) is 0 Å². The van der Waals surface area contributed by atoms with Gasteiger partial charge in [0.05, 0.1) is 15.7 Å². The number of para-hydroxylation sites is 1. The Kier molecular flexibility index (Phi) is 6.05. The molecule has 3 nitrogen and oxygen atoms in total. The summed E-state index contributed by atoms with van der Waals surface area (Å²) < 4.78 is 4.79. The van der Waals surface area contributed by atoms with Gasteiger partial charge in [-0.1, -0.05) is 151 Å². The van der Waals surface area contributed by atoms with E-state index in [9.17, 15) is 0 Å². The van der Waals surface area contributed by atoms with Crippen LogP contribution in [0.4, 0.5) is 0 Å². The second-order valence-electron chi connectivity index (χ2n) is 12.6. The Morgan fingerprint density at radius 2 is 1.14 bits per heavy atom. The Morgan fingerprint density at radius 1 is 0.500 bits per heavy atom. The maximum absolute atomic E-state index is 7.35. The molecular weight excluding hydrogens is 670 g/mol. The van der Waals surface area contributed by atoms with Gasteiger partial charge in [0.15, 0.2) is 11.0 Å². The molecule has 6 heteroatoms. The monoisotopic (exact) mass is 693 g/mol. The average Bonchev–Trinajstić information content (AvgIpc) is 3.85. The van der Waals surface area contributed by atoms with Crippen LogP contribution in [0.2, 0.25) is 5.15 Å². The molecule has 0 spiro atoms. The summed E-state index contributed by atoms with van der Waals surface area (Å²) in [6.07, 6.45) is 0. The van der Waals surface area contributed by atoms with E-state index in [0.717, 1.165) is 42.9 Å². The molecule has 4 heterocycles. The van der Waals surface area contributed by atoms with Gasteiger partial charge in [0.2, 0.25) is 0 Å². The van der Waals surface area contributed by atoms with Crippen LogP contribution in [0.5, 0.6) is 0 Å².